The number of carbonyl (C=O) groups is 1. The molecule has 1 amide bonds. The van der Waals surface area contributed by atoms with Crippen molar-refractivity contribution < 1.29 is 24.0 Å². The summed E-state index contributed by atoms with van der Waals surface area (Å²) in [5.41, 5.74) is 2.85. The number of aliphatic hydroxyl groups is 2. The second-order valence-electron chi connectivity index (χ2n) is 13.4. The molecule has 45 heavy (non-hydrogen) atoms. The van der Waals surface area contributed by atoms with Crippen molar-refractivity contribution in [3.8, 4) is 5.75 Å². The number of rotatable bonds is 7. The summed E-state index contributed by atoms with van der Waals surface area (Å²) in [6.07, 6.45) is 6.10. The number of hydrogen-bond donors (Lipinski definition) is 4. The van der Waals surface area contributed by atoms with Gasteiger partial charge in [0, 0.05) is 42.7 Å². The first kappa shape index (κ1) is 34.2. The predicted octanol–water partition coefficient (Wildman–Crippen LogP) is 5.22. The number of ether oxygens (including phenoxy) is 1. The van der Waals surface area contributed by atoms with E-state index in [2.05, 4.69) is 40.9 Å². The van der Waals surface area contributed by atoms with E-state index in [0.29, 0.717) is 38.2 Å². The Kier molecular flexibility index (Phi) is 11.5. The van der Waals surface area contributed by atoms with Crippen LogP contribution in [-0.4, -0.2) is 70.6 Å². The van der Waals surface area contributed by atoms with Crippen molar-refractivity contribution in [3.05, 3.63) is 58.1 Å². The van der Waals surface area contributed by atoms with E-state index in [4.69, 9.17) is 16.3 Å². The molecule has 0 aromatic heterocycles. The molecule has 4 N–H and O–H groups in total. The van der Waals surface area contributed by atoms with Crippen LogP contribution in [0.2, 0.25) is 5.02 Å². The van der Waals surface area contributed by atoms with Gasteiger partial charge in [-0.3, -0.25) is 9.52 Å². The highest BCUT2D eigenvalue weighted by Gasteiger charge is 2.47. The zero-order chi connectivity index (χ0) is 32.1. The first-order valence-corrected chi connectivity index (χ1v) is 18.3. The molecule has 2 heterocycles. The number of amides is 1. The SMILES string of the molecule is CCCc1cc(Cl)ccc1C1COc2ccc3cc2N(C1)CC1CCC1C(O)(CNCCO)CCCC(C)C(C)S(=O)NC3=O. The van der Waals surface area contributed by atoms with Gasteiger partial charge in [0.25, 0.3) is 5.91 Å². The lowest BCUT2D eigenvalue weighted by molar-refractivity contribution is -0.0866. The van der Waals surface area contributed by atoms with E-state index in [1.807, 2.05) is 25.1 Å². The summed E-state index contributed by atoms with van der Waals surface area (Å²) in [5, 5.41) is 25.4. The standard InChI is InChI=1S/C35H50ClN3O5S/c1-4-6-25-17-29(36)10-11-30(25)28-20-39-19-27-8-12-31(27)35(42,22-37-15-16-40)14-5-7-23(2)24(3)45(43)38-34(41)26-9-13-33(44-21-28)32(39)18-26/h9-11,13,17-18,23-24,27-28,31,37,40,42H,4-8,12,14-16,19-22H2,1-3H3,(H,38,41). The summed E-state index contributed by atoms with van der Waals surface area (Å²) < 4.78 is 22.5. The van der Waals surface area contributed by atoms with E-state index in [0.717, 1.165) is 61.5 Å². The molecule has 7 unspecified atom stereocenters. The Balaban J connectivity index is 1.53. The minimum absolute atomic E-state index is 0.0231. The minimum atomic E-state index is -1.55. The van der Waals surface area contributed by atoms with Crippen LogP contribution < -0.4 is 19.7 Å². The Morgan fingerprint density at radius 3 is 2.71 bits per heavy atom. The maximum atomic E-state index is 13.4. The summed E-state index contributed by atoms with van der Waals surface area (Å²) in [6.45, 7) is 8.95. The van der Waals surface area contributed by atoms with E-state index in [-0.39, 0.29) is 41.4 Å². The molecule has 2 aromatic carbocycles. The number of carbonyl (C=O) groups excluding carboxylic acids is 1. The van der Waals surface area contributed by atoms with E-state index in [1.54, 1.807) is 6.07 Å². The smallest absolute Gasteiger partial charge is 0.263 e. The number of nitrogens with zero attached hydrogens (tertiary/aromatic N) is 1. The zero-order valence-electron chi connectivity index (χ0n) is 26.9. The monoisotopic (exact) mass is 659 g/mol. The summed E-state index contributed by atoms with van der Waals surface area (Å²) in [4.78, 5) is 15.7. The van der Waals surface area contributed by atoms with Crippen molar-refractivity contribution in [2.45, 2.75) is 82.5 Å². The van der Waals surface area contributed by atoms with Crippen molar-refractivity contribution in [1.29, 1.82) is 0 Å². The van der Waals surface area contributed by atoms with Crippen LogP contribution in [0.15, 0.2) is 36.4 Å². The predicted molar refractivity (Wildman–Crippen MR) is 182 cm³/mol. The summed E-state index contributed by atoms with van der Waals surface area (Å²) in [7, 11) is -1.55. The number of anilines is 1. The molecule has 0 radical (unpaired) electrons. The van der Waals surface area contributed by atoms with E-state index < -0.39 is 16.6 Å². The first-order valence-electron chi connectivity index (χ1n) is 16.7. The molecule has 8 nitrogen and oxygen atoms in total. The number of fused-ring (bicyclic) bond motifs is 2. The Bertz CT molecular complexity index is 1360. The summed E-state index contributed by atoms with van der Waals surface area (Å²) in [6, 6.07) is 11.6. The number of hydrogen-bond acceptors (Lipinski definition) is 7. The number of aryl methyl sites for hydroxylation is 1. The number of nitrogens with one attached hydrogen (secondary N) is 2. The Labute approximate surface area is 275 Å². The Hall–Kier alpha value is -2.17. The second-order valence-corrected chi connectivity index (χ2v) is 15.4. The average Bonchev–Trinajstić information content (AvgIpc) is 3.17. The van der Waals surface area contributed by atoms with Gasteiger partial charge in [-0.05, 0) is 98.2 Å². The van der Waals surface area contributed by atoms with Crippen molar-refractivity contribution in [1.82, 2.24) is 10.0 Å². The lowest BCUT2D eigenvalue weighted by Gasteiger charge is -2.49. The highest BCUT2D eigenvalue weighted by molar-refractivity contribution is 7.84. The van der Waals surface area contributed by atoms with Crippen LogP contribution in [0.5, 0.6) is 5.75 Å². The quantitative estimate of drug-likeness (QED) is 0.302. The molecule has 248 valence electrons. The third kappa shape index (κ3) is 7.87. The molecule has 2 bridgehead atoms. The molecular formula is C35H50ClN3O5S. The first-order chi connectivity index (χ1) is 21.6. The fourth-order valence-electron chi connectivity index (χ4n) is 7.44. The number of benzene rings is 2. The number of aliphatic hydroxyl groups excluding tert-OH is 1. The minimum Gasteiger partial charge on any atom is -0.491 e. The number of halogens is 1. The molecule has 7 atom stereocenters. The molecule has 2 aromatic rings. The molecular weight excluding hydrogens is 610 g/mol. The second kappa shape index (κ2) is 15.2. The van der Waals surface area contributed by atoms with Gasteiger partial charge in [0.1, 0.15) is 16.7 Å². The van der Waals surface area contributed by atoms with Crippen molar-refractivity contribution in [3.63, 3.8) is 0 Å². The van der Waals surface area contributed by atoms with Crippen molar-refractivity contribution in [2.24, 2.45) is 17.8 Å². The Morgan fingerprint density at radius 1 is 1.16 bits per heavy atom. The molecule has 2 aliphatic heterocycles. The van der Waals surface area contributed by atoms with Gasteiger partial charge in [-0.2, -0.15) is 0 Å². The van der Waals surface area contributed by atoms with E-state index >= 15 is 0 Å². The maximum Gasteiger partial charge on any atom is 0.263 e. The molecule has 10 heteroatoms. The third-order valence-electron chi connectivity index (χ3n) is 10.4. The van der Waals surface area contributed by atoms with Gasteiger partial charge in [0.2, 0.25) is 0 Å². The van der Waals surface area contributed by atoms with Crippen molar-refractivity contribution in [2.75, 3.05) is 44.3 Å². The van der Waals surface area contributed by atoms with Gasteiger partial charge in [-0.15, -0.1) is 0 Å². The fraction of sp³-hybridized carbons (Fsp3) is 0.629. The van der Waals surface area contributed by atoms with Crippen LogP contribution >= 0.6 is 11.6 Å². The van der Waals surface area contributed by atoms with Gasteiger partial charge in [-0.1, -0.05) is 44.4 Å². The lowest BCUT2D eigenvalue weighted by atomic mass is 9.63. The molecule has 0 saturated heterocycles. The summed E-state index contributed by atoms with van der Waals surface area (Å²) in [5.74, 6) is 0.910. The largest absolute Gasteiger partial charge is 0.491 e. The zero-order valence-corrected chi connectivity index (χ0v) is 28.5. The van der Waals surface area contributed by atoms with Crippen LogP contribution in [0.4, 0.5) is 5.69 Å². The maximum absolute atomic E-state index is 13.4. The molecule has 3 aliphatic rings. The van der Waals surface area contributed by atoms with Crippen molar-refractivity contribution >= 4 is 34.2 Å². The Morgan fingerprint density at radius 2 is 1.98 bits per heavy atom. The lowest BCUT2D eigenvalue weighted by Crippen LogP contribution is -2.55. The van der Waals surface area contributed by atoms with Gasteiger partial charge >= 0.3 is 0 Å². The third-order valence-corrected chi connectivity index (χ3v) is 12.2. The topological polar surface area (TPSA) is 111 Å². The van der Waals surface area contributed by atoms with Crippen LogP contribution in [0, 0.1) is 17.8 Å². The molecule has 5 rings (SSSR count). The summed E-state index contributed by atoms with van der Waals surface area (Å²) >= 11 is 6.42. The van der Waals surface area contributed by atoms with E-state index in [1.165, 1.54) is 11.1 Å². The van der Waals surface area contributed by atoms with Crippen LogP contribution in [0.25, 0.3) is 0 Å². The highest BCUT2D eigenvalue weighted by atomic mass is 35.5. The van der Waals surface area contributed by atoms with Crippen LogP contribution in [0.3, 0.4) is 0 Å². The van der Waals surface area contributed by atoms with Gasteiger partial charge in [-0.25, -0.2) is 4.21 Å². The normalized spacial score (nSPS) is 30.8. The van der Waals surface area contributed by atoms with Gasteiger partial charge < -0.3 is 25.2 Å². The molecule has 1 fully saturated rings. The fourth-order valence-corrected chi connectivity index (χ4v) is 8.68. The highest BCUT2D eigenvalue weighted by Crippen LogP contribution is 2.46. The molecule has 1 saturated carbocycles. The molecule has 0 spiro atoms. The van der Waals surface area contributed by atoms with Crippen LogP contribution in [0.1, 0.15) is 86.7 Å². The van der Waals surface area contributed by atoms with Crippen LogP contribution in [-0.2, 0) is 17.4 Å². The van der Waals surface area contributed by atoms with Gasteiger partial charge in [0.05, 0.1) is 29.8 Å². The average molecular weight is 660 g/mol. The molecule has 1 aliphatic carbocycles. The van der Waals surface area contributed by atoms with Gasteiger partial charge in [0.15, 0.2) is 0 Å². The van der Waals surface area contributed by atoms with E-state index in [9.17, 15) is 19.2 Å².